The van der Waals surface area contributed by atoms with Crippen LogP contribution in [0.3, 0.4) is 0 Å². The van der Waals surface area contributed by atoms with Crippen LogP contribution in [0.4, 0.5) is 0 Å². The molecule has 9 heteroatoms. The van der Waals surface area contributed by atoms with Crippen molar-refractivity contribution in [3.63, 3.8) is 0 Å². The standard InChI is InChI=1S/C12H14O7S.K/c1-3-18-11(13)8-6-5-7-9(12(14)19-4-2)10(8)20(15,16)17;/h5-7H,3-4H2,1-2H3,(H,15,16,17);/q;+1/p-1. The average molecular weight is 340 g/mol. The van der Waals surface area contributed by atoms with Crippen molar-refractivity contribution in [1.82, 2.24) is 0 Å². The predicted octanol–water partition coefficient (Wildman–Crippen LogP) is -2.05. The Morgan fingerprint density at radius 2 is 1.43 bits per heavy atom. The second-order valence-corrected chi connectivity index (χ2v) is 4.89. The molecule has 0 aliphatic heterocycles. The van der Waals surface area contributed by atoms with Crippen LogP contribution in [0.1, 0.15) is 34.6 Å². The molecular weight excluding hydrogens is 327 g/mol. The first kappa shape index (κ1) is 20.7. The van der Waals surface area contributed by atoms with Gasteiger partial charge in [-0.3, -0.25) is 0 Å². The summed E-state index contributed by atoms with van der Waals surface area (Å²) in [7, 11) is -5.04. The quantitative estimate of drug-likeness (QED) is 0.345. The molecule has 0 bridgehead atoms. The summed E-state index contributed by atoms with van der Waals surface area (Å²) in [4.78, 5) is 22.4. The van der Waals surface area contributed by atoms with E-state index < -0.39 is 38.1 Å². The van der Waals surface area contributed by atoms with Gasteiger partial charge >= 0.3 is 63.3 Å². The second kappa shape index (κ2) is 8.98. The minimum Gasteiger partial charge on any atom is -0.744 e. The second-order valence-electron chi connectivity index (χ2n) is 3.58. The Labute approximate surface area is 165 Å². The van der Waals surface area contributed by atoms with E-state index in [1.807, 2.05) is 0 Å². The zero-order chi connectivity index (χ0) is 15.3. The van der Waals surface area contributed by atoms with Gasteiger partial charge in [0.15, 0.2) is 0 Å². The zero-order valence-corrected chi connectivity index (χ0v) is 15.9. The summed E-state index contributed by atoms with van der Waals surface area (Å²) < 4.78 is 43.3. The van der Waals surface area contributed by atoms with Crippen molar-refractivity contribution in [2.75, 3.05) is 13.2 Å². The minimum atomic E-state index is -5.04. The third kappa shape index (κ3) is 5.44. The van der Waals surface area contributed by atoms with Gasteiger partial charge in [-0.1, -0.05) is 6.07 Å². The van der Waals surface area contributed by atoms with E-state index in [1.54, 1.807) is 0 Å². The van der Waals surface area contributed by atoms with Gasteiger partial charge in [-0.2, -0.15) is 0 Å². The summed E-state index contributed by atoms with van der Waals surface area (Å²) >= 11 is 0. The summed E-state index contributed by atoms with van der Waals surface area (Å²) in [6.45, 7) is 3.05. The van der Waals surface area contributed by atoms with Gasteiger partial charge in [0.05, 0.1) is 29.2 Å². The fraction of sp³-hybridized carbons (Fsp3) is 0.333. The Morgan fingerprint density at radius 3 is 1.71 bits per heavy atom. The first-order valence-corrected chi connectivity index (χ1v) is 7.16. The van der Waals surface area contributed by atoms with Gasteiger partial charge in [-0.05, 0) is 26.0 Å². The molecule has 1 rings (SSSR count). The van der Waals surface area contributed by atoms with Gasteiger partial charge in [-0.15, -0.1) is 0 Å². The van der Waals surface area contributed by atoms with Crippen LogP contribution in [-0.4, -0.2) is 38.1 Å². The van der Waals surface area contributed by atoms with Crippen LogP contribution in [0, 0.1) is 0 Å². The number of esters is 2. The average Bonchev–Trinajstić information content (AvgIpc) is 2.37. The maximum absolute atomic E-state index is 11.7. The monoisotopic (exact) mass is 340 g/mol. The van der Waals surface area contributed by atoms with Gasteiger partial charge < -0.3 is 14.0 Å². The van der Waals surface area contributed by atoms with Crippen LogP contribution < -0.4 is 51.4 Å². The van der Waals surface area contributed by atoms with E-state index in [0.29, 0.717) is 0 Å². The Balaban J connectivity index is 0.00000400. The molecule has 0 radical (unpaired) electrons. The number of carbonyl (C=O) groups is 2. The molecule has 1 aromatic carbocycles. The largest absolute Gasteiger partial charge is 1.00 e. The first-order chi connectivity index (χ1) is 9.32. The maximum Gasteiger partial charge on any atom is 1.00 e. The number of hydrogen-bond acceptors (Lipinski definition) is 7. The number of benzene rings is 1. The van der Waals surface area contributed by atoms with Crippen molar-refractivity contribution >= 4 is 22.1 Å². The number of carbonyl (C=O) groups excluding carboxylic acids is 2. The summed E-state index contributed by atoms with van der Waals surface area (Å²) in [5.74, 6) is -1.99. The van der Waals surface area contributed by atoms with Gasteiger partial charge in [0.1, 0.15) is 10.1 Å². The van der Waals surface area contributed by atoms with Crippen LogP contribution >= 0.6 is 0 Å². The van der Waals surface area contributed by atoms with Gasteiger partial charge in [0.25, 0.3) is 0 Å². The molecule has 0 saturated carbocycles. The van der Waals surface area contributed by atoms with E-state index in [1.165, 1.54) is 19.9 Å². The number of hydrogen-bond donors (Lipinski definition) is 0. The van der Waals surface area contributed by atoms with E-state index in [4.69, 9.17) is 0 Å². The molecule has 0 amide bonds. The van der Waals surface area contributed by atoms with Crippen molar-refractivity contribution in [2.24, 2.45) is 0 Å². The molecule has 0 N–H and O–H groups in total. The van der Waals surface area contributed by atoms with Crippen molar-refractivity contribution in [3.8, 4) is 0 Å². The predicted molar refractivity (Wildman–Crippen MR) is 66.3 cm³/mol. The van der Waals surface area contributed by atoms with Gasteiger partial charge in [0, 0.05) is 0 Å². The third-order valence-corrected chi connectivity index (χ3v) is 3.20. The van der Waals surface area contributed by atoms with Crippen molar-refractivity contribution < 1.29 is 83.4 Å². The van der Waals surface area contributed by atoms with Crippen LogP contribution in [-0.2, 0) is 19.6 Å². The SMILES string of the molecule is CCOC(=O)c1cccc(C(=O)OCC)c1S(=O)(=O)[O-].[K+]. The van der Waals surface area contributed by atoms with Gasteiger partial charge in [-0.25, -0.2) is 18.0 Å². The van der Waals surface area contributed by atoms with Crippen molar-refractivity contribution in [2.45, 2.75) is 18.7 Å². The Kier molecular flexibility index (Phi) is 8.86. The molecule has 0 heterocycles. The smallest absolute Gasteiger partial charge is 0.744 e. The summed E-state index contributed by atoms with van der Waals surface area (Å²) in [5.41, 5.74) is -0.959. The van der Waals surface area contributed by atoms with Crippen LogP contribution in [0.2, 0.25) is 0 Å². The maximum atomic E-state index is 11.7. The molecule has 0 aromatic heterocycles. The van der Waals surface area contributed by atoms with E-state index >= 15 is 0 Å². The molecule has 0 aliphatic rings. The van der Waals surface area contributed by atoms with Crippen LogP contribution in [0.15, 0.2) is 23.1 Å². The summed E-state index contributed by atoms with van der Waals surface area (Å²) in [5, 5.41) is 0. The molecular formula is C12H13KO7S. The van der Waals surface area contributed by atoms with Crippen LogP contribution in [0.25, 0.3) is 0 Å². The Bertz CT molecular complexity index is 588. The van der Waals surface area contributed by atoms with E-state index in [-0.39, 0.29) is 64.6 Å². The first-order valence-electron chi connectivity index (χ1n) is 5.76. The molecule has 0 atom stereocenters. The molecule has 21 heavy (non-hydrogen) atoms. The van der Waals surface area contributed by atoms with Crippen molar-refractivity contribution in [3.05, 3.63) is 29.3 Å². The fourth-order valence-corrected chi connectivity index (χ4v) is 2.39. The fourth-order valence-electron chi connectivity index (χ4n) is 1.55. The summed E-state index contributed by atoms with van der Waals surface area (Å²) in [6.07, 6.45) is 0. The molecule has 0 unspecified atom stereocenters. The normalized spacial score (nSPS) is 10.4. The minimum absolute atomic E-state index is 0. The number of ether oxygens (including phenoxy) is 2. The molecule has 7 nitrogen and oxygen atoms in total. The summed E-state index contributed by atoms with van der Waals surface area (Å²) in [6, 6.07) is 3.48. The molecule has 110 valence electrons. The molecule has 0 spiro atoms. The number of rotatable bonds is 5. The Morgan fingerprint density at radius 1 is 1.05 bits per heavy atom. The van der Waals surface area contributed by atoms with Crippen molar-refractivity contribution in [1.29, 1.82) is 0 Å². The topological polar surface area (TPSA) is 110 Å². The van der Waals surface area contributed by atoms with E-state index in [2.05, 4.69) is 9.47 Å². The zero-order valence-electron chi connectivity index (χ0n) is 11.9. The van der Waals surface area contributed by atoms with E-state index in [0.717, 1.165) is 12.1 Å². The molecule has 0 fully saturated rings. The molecule has 0 saturated heterocycles. The molecule has 1 aromatic rings. The third-order valence-electron chi connectivity index (χ3n) is 2.26. The van der Waals surface area contributed by atoms with Crippen LogP contribution in [0.5, 0.6) is 0 Å². The Hall–Kier alpha value is -0.294. The van der Waals surface area contributed by atoms with Gasteiger partial charge in [0.2, 0.25) is 0 Å². The molecule has 0 aliphatic carbocycles. The van der Waals surface area contributed by atoms with E-state index in [9.17, 15) is 22.6 Å².